The van der Waals surface area contributed by atoms with Crippen LogP contribution in [0.3, 0.4) is 0 Å². The SMILES string of the molecule is Cc1o[c-]cc1-c1ccccc1.[C-]#[O+].[C-]#[O+].[C-]#[O+].[CH]1[CH][CH][CH][CH]1.[W+2]. The van der Waals surface area contributed by atoms with E-state index < -0.39 is 0 Å². The normalized spacial score (nSPS) is 10.3. The van der Waals surface area contributed by atoms with Crippen molar-refractivity contribution < 1.29 is 39.4 Å². The van der Waals surface area contributed by atoms with Gasteiger partial charge in [-0.3, -0.25) is 0 Å². The monoisotopic (exact) mass is 490 g/mol. The molecule has 1 aromatic heterocycles. The van der Waals surface area contributed by atoms with Gasteiger partial charge in [0.2, 0.25) is 0 Å². The van der Waals surface area contributed by atoms with Gasteiger partial charge < -0.3 is 4.42 Å². The van der Waals surface area contributed by atoms with Crippen molar-refractivity contribution in [3.8, 4) is 11.1 Å². The topological polar surface area (TPSA) is 72.8 Å². The van der Waals surface area contributed by atoms with E-state index in [4.69, 9.17) is 18.4 Å². The van der Waals surface area contributed by atoms with Gasteiger partial charge in [-0.05, 0) is 38.4 Å². The molecule has 5 heteroatoms. The number of furan rings is 1. The zero-order valence-corrected chi connectivity index (χ0v) is 15.8. The maximum absolute atomic E-state index is 7.50. The van der Waals surface area contributed by atoms with Crippen molar-refractivity contribution in [2.45, 2.75) is 6.92 Å². The summed E-state index contributed by atoms with van der Waals surface area (Å²) in [6.45, 7) is 15.4. The van der Waals surface area contributed by atoms with Crippen LogP contribution in [-0.4, -0.2) is 0 Å². The summed E-state index contributed by atoms with van der Waals surface area (Å²) in [5.41, 5.74) is 2.30. The van der Waals surface area contributed by atoms with Crippen molar-refractivity contribution >= 4 is 0 Å². The zero-order valence-electron chi connectivity index (χ0n) is 12.9. The predicted molar refractivity (Wildman–Crippen MR) is 81.0 cm³/mol. The molecule has 24 heavy (non-hydrogen) atoms. The predicted octanol–water partition coefficient (Wildman–Crippen LogP) is 3.96. The second-order valence-electron chi connectivity index (χ2n) is 3.66. The van der Waals surface area contributed by atoms with Crippen LogP contribution in [0.4, 0.5) is 0 Å². The van der Waals surface area contributed by atoms with Crippen LogP contribution < -0.4 is 0 Å². The summed E-state index contributed by atoms with van der Waals surface area (Å²) < 4.78 is 27.6. The number of benzene rings is 1. The van der Waals surface area contributed by atoms with Crippen LogP contribution in [0.5, 0.6) is 0 Å². The van der Waals surface area contributed by atoms with E-state index in [-0.39, 0.29) is 21.1 Å². The molecule has 1 saturated carbocycles. The molecular weight excluding hydrogens is 476 g/mol. The standard InChI is InChI=1S/C11H9O.C5H5.3CO.W/c1-9-11(7-8-12-9)10-5-3-2-4-6-10;1-2-4-5-3-1;3*1-2;/h2-7H,1H3;1-5H;;;;/q-1;;;;;+2. The molecule has 1 aliphatic carbocycles. The van der Waals surface area contributed by atoms with Gasteiger partial charge in [0.05, 0.1) is 0 Å². The fourth-order valence-corrected chi connectivity index (χ4v) is 1.56. The molecular formula is C19H14O4W+. The van der Waals surface area contributed by atoms with Gasteiger partial charge in [-0.2, -0.15) is 0 Å². The van der Waals surface area contributed by atoms with Gasteiger partial charge in [-0.25, -0.2) is 0 Å². The molecule has 2 aromatic rings. The number of hydrogen-bond donors (Lipinski definition) is 0. The average molecular weight is 490 g/mol. The van der Waals surface area contributed by atoms with E-state index in [1.807, 2.05) is 63.3 Å². The summed E-state index contributed by atoms with van der Waals surface area (Å²) in [6.07, 6.45) is 12.7. The largest absolute Gasteiger partial charge is 2.00 e. The van der Waals surface area contributed by atoms with Gasteiger partial charge in [0.15, 0.2) is 0 Å². The third kappa shape index (κ3) is 11.9. The zero-order chi connectivity index (χ0) is 17.9. The Hall–Kier alpha value is -1.59. The first-order valence-electron chi connectivity index (χ1n) is 6.18. The van der Waals surface area contributed by atoms with Gasteiger partial charge in [0.1, 0.15) is 0 Å². The molecule has 0 aliphatic heterocycles. The van der Waals surface area contributed by atoms with Crippen LogP contribution in [-0.2, 0) is 35.0 Å². The minimum atomic E-state index is 0. The fourth-order valence-electron chi connectivity index (χ4n) is 1.56. The molecule has 0 bridgehead atoms. The molecule has 0 N–H and O–H groups in total. The van der Waals surface area contributed by atoms with E-state index in [0.717, 1.165) is 11.3 Å². The second-order valence-corrected chi connectivity index (χ2v) is 3.66. The third-order valence-electron chi connectivity index (χ3n) is 2.43. The van der Waals surface area contributed by atoms with Crippen LogP contribution in [0.2, 0.25) is 0 Å². The van der Waals surface area contributed by atoms with E-state index >= 15 is 0 Å². The quantitative estimate of drug-likeness (QED) is 0.441. The summed E-state index contributed by atoms with van der Waals surface area (Å²) in [6, 6.07) is 12.0. The Morgan fingerprint density at radius 1 is 0.792 bits per heavy atom. The Morgan fingerprint density at radius 2 is 1.21 bits per heavy atom. The van der Waals surface area contributed by atoms with Crippen molar-refractivity contribution in [2.75, 3.05) is 0 Å². The average Bonchev–Trinajstić information content (AvgIpc) is 3.36. The first-order chi connectivity index (χ1) is 11.4. The summed E-state index contributed by atoms with van der Waals surface area (Å²) in [4.78, 5) is 0. The molecule has 0 spiro atoms. The van der Waals surface area contributed by atoms with Gasteiger partial charge in [0, 0.05) is 0 Å². The fraction of sp³-hybridized carbons (Fsp3) is 0.0526. The Bertz CT molecular complexity index is 530. The van der Waals surface area contributed by atoms with Crippen molar-refractivity contribution in [3.63, 3.8) is 0 Å². The van der Waals surface area contributed by atoms with E-state index in [1.54, 1.807) is 0 Å². The van der Waals surface area contributed by atoms with Gasteiger partial charge >= 0.3 is 55.0 Å². The molecule has 0 saturated heterocycles. The maximum atomic E-state index is 7.50. The van der Waals surface area contributed by atoms with Crippen LogP contribution in [0.25, 0.3) is 11.1 Å². The van der Waals surface area contributed by atoms with Crippen LogP contribution in [0.15, 0.2) is 40.8 Å². The Morgan fingerprint density at radius 3 is 1.54 bits per heavy atom. The number of aryl methyl sites for hydroxylation is 1. The van der Waals surface area contributed by atoms with Crippen molar-refractivity contribution in [2.24, 2.45) is 0 Å². The molecule has 4 nitrogen and oxygen atoms in total. The van der Waals surface area contributed by atoms with Crippen molar-refractivity contribution in [1.29, 1.82) is 0 Å². The molecule has 1 aliphatic rings. The first kappa shape index (κ1) is 27.3. The summed E-state index contributed by atoms with van der Waals surface area (Å²) in [7, 11) is 0. The number of hydrogen-bond acceptors (Lipinski definition) is 1. The second kappa shape index (κ2) is 21.4. The molecule has 1 aromatic carbocycles. The van der Waals surface area contributed by atoms with E-state index in [2.05, 4.69) is 38.3 Å². The minimum absolute atomic E-state index is 0. The summed E-state index contributed by atoms with van der Waals surface area (Å²) in [5, 5.41) is 0. The van der Waals surface area contributed by atoms with E-state index in [9.17, 15) is 0 Å². The molecule has 3 rings (SSSR count). The van der Waals surface area contributed by atoms with Crippen LogP contribution in [0.1, 0.15) is 5.76 Å². The van der Waals surface area contributed by atoms with Gasteiger partial charge in [-0.15, -0.1) is 11.6 Å². The summed E-state index contributed by atoms with van der Waals surface area (Å²) >= 11 is 0. The van der Waals surface area contributed by atoms with Crippen LogP contribution in [0, 0.1) is 65.2 Å². The Kier molecular flexibility index (Phi) is 24.3. The van der Waals surface area contributed by atoms with Crippen molar-refractivity contribution in [1.82, 2.24) is 0 Å². The molecule has 1 fully saturated rings. The van der Waals surface area contributed by atoms with Gasteiger partial charge in [0.25, 0.3) is 0 Å². The van der Waals surface area contributed by atoms with Crippen LogP contribution >= 0.6 is 0 Å². The van der Waals surface area contributed by atoms with E-state index in [1.165, 1.54) is 5.56 Å². The maximum Gasteiger partial charge on any atom is 2.00 e. The molecule has 0 atom stereocenters. The van der Waals surface area contributed by atoms with Gasteiger partial charge in [-0.1, -0.05) is 48.6 Å². The minimum Gasteiger partial charge on any atom is -0.0312 e. The molecule has 1 heterocycles. The third-order valence-corrected chi connectivity index (χ3v) is 2.43. The molecule has 119 valence electrons. The summed E-state index contributed by atoms with van der Waals surface area (Å²) in [5.74, 6) is 0.918. The smallest absolute Gasteiger partial charge is 0.0312 e. The Labute approximate surface area is 158 Å². The molecule has 5 radical (unpaired) electrons. The molecule has 0 unspecified atom stereocenters. The van der Waals surface area contributed by atoms with E-state index in [0.29, 0.717) is 0 Å². The Balaban J connectivity index is -0.000000311. The molecule has 0 amide bonds. The van der Waals surface area contributed by atoms with Crippen molar-refractivity contribution in [3.05, 3.63) is 100 Å². The number of rotatable bonds is 1. The first-order valence-corrected chi connectivity index (χ1v) is 6.18.